The quantitative estimate of drug-likeness (QED) is 0.155. The maximum Gasteiger partial charge on any atom is 0.0384 e. The topological polar surface area (TPSA) is 0 Å². The van der Waals surface area contributed by atoms with E-state index in [0.717, 1.165) is 0 Å². The van der Waals surface area contributed by atoms with Crippen molar-refractivity contribution in [2.45, 2.75) is 41.5 Å². The summed E-state index contributed by atoms with van der Waals surface area (Å²) in [6.07, 6.45) is 0. The number of aryl methyl sites for hydroxylation is 6. The molecule has 0 aliphatic heterocycles. The van der Waals surface area contributed by atoms with E-state index in [2.05, 4.69) is 151 Å². The van der Waals surface area contributed by atoms with E-state index in [1.54, 1.807) is 0 Å². The van der Waals surface area contributed by atoms with E-state index in [0.29, 0.717) is 0 Å². The van der Waals surface area contributed by atoms with Crippen LogP contribution in [-0.4, -0.2) is 0 Å². The molecule has 45 heavy (non-hydrogen) atoms. The minimum absolute atomic E-state index is 1.34. The van der Waals surface area contributed by atoms with Crippen LogP contribution in [0.2, 0.25) is 0 Å². The third-order valence-electron chi connectivity index (χ3n) is 8.48. The van der Waals surface area contributed by atoms with E-state index in [9.17, 15) is 0 Å². The third-order valence-corrected chi connectivity index (χ3v) is 12.2. The van der Waals surface area contributed by atoms with Crippen LogP contribution in [0.5, 0.6) is 0 Å². The molecule has 0 unspecified atom stereocenters. The molecule has 222 valence electrons. The second kappa shape index (κ2) is 12.1. The Balaban J connectivity index is 0.000000108. The number of benzene rings is 6. The fourth-order valence-electron chi connectivity index (χ4n) is 6.10. The number of fused-ring (bicyclic) bond motifs is 9. The smallest absolute Gasteiger partial charge is 0.0384 e. The van der Waals surface area contributed by atoms with Gasteiger partial charge in [-0.25, -0.2) is 0 Å². The predicted octanol–water partition coefficient (Wildman–Crippen LogP) is 14.0. The van der Waals surface area contributed by atoms with E-state index >= 15 is 0 Å². The molecule has 0 atom stereocenters. The van der Waals surface area contributed by atoms with Crippen LogP contribution in [0.15, 0.2) is 109 Å². The van der Waals surface area contributed by atoms with E-state index < -0.39 is 0 Å². The lowest BCUT2D eigenvalue weighted by molar-refractivity contribution is 1.51. The predicted molar refractivity (Wildman–Crippen MR) is 206 cm³/mol. The normalized spacial score (nSPS) is 11.3. The maximum atomic E-state index is 2.29. The van der Waals surface area contributed by atoms with Crippen molar-refractivity contribution < 1.29 is 0 Å². The molecule has 0 saturated heterocycles. The molecule has 0 aliphatic carbocycles. The molecule has 9 aromatic rings. The molecule has 0 amide bonds. The highest BCUT2D eigenvalue weighted by Crippen LogP contribution is 2.38. The Morgan fingerprint density at radius 3 is 1.18 bits per heavy atom. The van der Waals surface area contributed by atoms with Crippen molar-refractivity contribution in [2.75, 3.05) is 0 Å². The molecule has 0 saturated carbocycles. The van der Waals surface area contributed by atoms with Crippen LogP contribution in [0.25, 0.3) is 60.5 Å². The van der Waals surface area contributed by atoms with Crippen LogP contribution in [0.4, 0.5) is 0 Å². The van der Waals surface area contributed by atoms with Crippen molar-refractivity contribution >= 4 is 94.5 Å². The summed E-state index contributed by atoms with van der Waals surface area (Å²) >= 11 is 5.68. The first-order chi connectivity index (χ1) is 21.7. The first kappa shape index (κ1) is 29.7. The number of thiophene rings is 3. The van der Waals surface area contributed by atoms with Crippen molar-refractivity contribution in [2.24, 2.45) is 0 Å². The fraction of sp³-hybridized carbons (Fsp3) is 0.143. The Labute approximate surface area is 277 Å². The Hall–Kier alpha value is -4.02. The standard InChI is InChI=1S/3C14H12S/c1-9-3-5-13-11(7-9)12-8-10(2)4-6-14(12)15-13;1-9-3-5-11-12-6-4-10(2)8-14(12)15-13(11)7-9;1-9-5-3-7-11-12-8-4-6-10(2)14(12)15-13(9)11/h3*3-8H,1-2H3. The Morgan fingerprint density at radius 1 is 0.311 bits per heavy atom. The molecule has 3 heterocycles. The minimum atomic E-state index is 1.34. The lowest BCUT2D eigenvalue weighted by Gasteiger charge is -1.95. The van der Waals surface area contributed by atoms with Gasteiger partial charge in [-0.05, 0) is 100 Å². The lowest BCUT2D eigenvalue weighted by Crippen LogP contribution is -1.72. The summed E-state index contributed by atoms with van der Waals surface area (Å²) in [6, 6.07) is 39.9. The summed E-state index contributed by atoms with van der Waals surface area (Å²) in [6.45, 7) is 13.0. The molecule has 3 aromatic heterocycles. The zero-order valence-electron chi connectivity index (χ0n) is 26.6. The molecule has 0 nitrogen and oxygen atoms in total. The van der Waals surface area contributed by atoms with Gasteiger partial charge in [0.2, 0.25) is 0 Å². The number of hydrogen-bond acceptors (Lipinski definition) is 3. The minimum Gasteiger partial charge on any atom is -0.135 e. The molecule has 0 spiro atoms. The zero-order chi connectivity index (χ0) is 31.2. The van der Waals surface area contributed by atoms with Gasteiger partial charge < -0.3 is 0 Å². The van der Waals surface area contributed by atoms with Gasteiger partial charge in [-0.3, -0.25) is 0 Å². The Morgan fingerprint density at radius 2 is 0.711 bits per heavy atom. The van der Waals surface area contributed by atoms with Gasteiger partial charge in [0.05, 0.1) is 0 Å². The van der Waals surface area contributed by atoms with Crippen molar-refractivity contribution in [3.63, 3.8) is 0 Å². The van der Waals surface area contributed by atoms with Crippen LogP contribution >= 0.6 is 34.0 Å². The molecule has 0 aliphatic rings. The summed E-state index contributed by atoms with van der Waals surface area (Å²) in [5.41, 5.74) is 8.12. The Kier molecular flexibility index (Phi) is 7.95. The zero-order valence-corrected chi connectivity index (χ0v) is 29.1. The van der Waals surface area contributed by atoms with E-state index in [1.807, 2.05) is 34.0 Å². The molecule has 0 bridgehead atoms. The van der Waals surface area contributed by atoms with Gasteiger partial charge in [-0.15, -0.1) is 34.0 Å². The highest BCUT2D eigenvalue weighted by Gasteiger charge is 2.08. The SMILES string of the molecule is Cc1ccc2c(c1)sc1cc(C)ccc12.Cc1ccc2sc3ccc(C)cc3c2c1.Cc1cccc2c1sc1c(C)cccc12. The second-order valence-corrected chi connectivity index (χ2v) is 15.4. The summed E-state index contributed by atoms with van der Waals surface area (Å²) < 4.78 is 8.44. The van der Waals surface area contributed by atoms with Crippen LogP contribution in [0.3, 0.4) is 0 Å². The molecule has 0 radical (unpaired) electrons. The Bertz CT molecular complexity index is 2330. The largest absolute Gasteiger partial charge is 0.135 e. The molecule has 0 fully saturated rings. The summed E-state index contributed by atoms with van der Waals surface area (Å²) in [4.78, 5) is 0. The molecular weight excluding hydrogens is 601 g/mol. The van der Waals surface area contributed by atoms with Gasteiger partial charge in [-0.2, -0.15) is 0 Å². The summed E-state index contributed by atoms with van der Waals surface area (Å²) in [5.74, 6) is 0. The first-order valence-electron chi connectivity index (χ1n) is 15.4. The van der Waals surface area contributed by atoms with Gasteiger partial charge in [0.1, 0.15) is 0 Å². The summed E-state index contributed by atoms with van der Waals surface area (Å²) in [5, 5.41) is 8.39. The highest BCUT2D eigenvalue weighted by molar-refractivity contribution is 7.26. The van der Waals surface area contributed by atoms with E-state index in [-0.39, 0.29) is 0 Å². The van der Waals surface area contributed by atoms with Crippen LogP contribution in [-0.2, 0) is 0 Å². The fourth-order valence-corrected chi connectivity index (χ4v) is 9.71. The molecule has 9 rings (SSSR count). The van der Waals surface area contributed by atoms with Gasteiger partial charge in [-0.1, -0.05) is 83.9 Å². The van der Waals surface area contributed by atoms with Crippen molar-refractivity contribution in [1.29, 1.82) is 0 Å². The van der Waals surface area contributed by atoms with E-state index in [4.69, 9.17) is 0 Å². The molecule has 3 heteroatoms. The highest BCUT2D eigenvalue weighted by atomic mass is 32.1. The maximum absolute atomic E-state index is 2.29. The van der Waals surface area contributed by atoms with Gasteiger partial charge in [0.25, 0.3) is 0 Å². The van der Waals surface area contributed by atoms with Gasteiger partial charge in [0.15, 0.2) is 0 Å². The average Bonchev–Trinajstić information content (AvgIpc) is 3.69. The number of hydrogen-bond donors (Lipinski definition) is 0. The lowest BCUT2D eigenvalue weighted by atomic mass is 10.1. The molecule has 6 aromatic carbocycles. The molecular formula is C42H36S3. The summed E-state index contributed by atoms with van der Waals surface area (Å²) in [7, 11) is 0. The van der Waals surface area contributed by atoms with Crippen LogP contribution < -0.4 is 0 Å². The molecule has 0 N–H and O–H groups in total. The van der Waals surface area contributed by atoms with Crippen molar-refractivity contribution in [3.05, 3.63) is 143 Å². The number of rotatable bonds is 0. The first-order valence-corrected chi connectivity index (χ1v) is 17.9. The van der Waals surface area contributed by atoms with Gasteiger partial charge >= 0.3 is 0 Å². The average molecular weight is 637 g/mol. The third kappa shape index (κ3) is 5.77. The van der Waals surface area contributed by atoms with E-state index in [1.165, 1.54) is 93.9 Å². The van der Waals surface area contributed by atoms with Crippen molar-refractivity contribution in [3.8, 4) is 0 Å². The second-order valence-electron chi connectivity index (χ2n) is 12.2. The van der Waals surface area contributed by atoms with Crippen LogP contribution in [0, 0.1) is 41.5 Å². The van der Waals surface area contributed by atoms with Crippen LogP contribution in [0.1, 0.15) is 33.4 Å². The van der Waals surface area contributed by atoms with Crippen molar-refractivity contribution in [1.82, 2.24) is 0 Å². The monoisotopic (exact) mass is 636 g/mol. The van der Waals surface area contributed by atoms with Gasteiger partial charge in [0, 0.05) is 60.5 Å².